The molecule has 1 aromatic rings. The van der Waals surface area contributed by atoms with Crippen LogP contribution in [0.4, 0.5) is 0 Å². The van der Waals surface area contributed by atoms with E-state index >= 15 is 0 Å². The van der Waals surface area contributed by atoms with Gasteiger partial charge < -0.3 is 25.1 Å². The standard InChI is InChI=1S/C15H25NO4/c1-18-10-11-20-14-7-4-3-6-13(14)15(17,12-19-2)8-5-9-16/h3-4,6-7,17H,5,8-12,16H2,1-2H3. The molecule has 0 fully saturated rings. The van der Waals surface area contributed by atoms with E-state index in [9.17, 15) is 5.11 Å². The van der Waals surface area contributed by atoms with Gasteiger partial charge in [-0.15, -0.1) is 0 Å². The van der Waals surface area contributed by atoms with Crippen LogP contribution >= 0.6 is 0 Å². The van der Waals surface area contributed by atoms with Crippen LogP contribution in [-0.2, 0) is 15.1 Å². The Morgan fingerprint density at radius 3 is 2.55 bits per heavy atom. The van der Waals surface area contributed by atoms with Gasteiger partial charge in [-0.25, -0.2) is 0 Å². The molecule has 0 aromatic heterocycles. The maximum absolute atomic E-state index is 10.9. The van der Waals surface area contributed by atoms with Crippen molar-refractivity contribution in [1.82, 2.24) is 0 Å². The Kier molecular flexibility index (Phi) is 7.54. The van der Waals surface area contributed by atoms with Gasteiger partial charge >= 0.3 is 0 Å². The summed E-state index contributed by atoms with van der Waals surface area (Å²) in [6.07, 6.45) is 1.24. The Morgan fingerprint density at radius 2 is 1.90 bits per heavy atom. The molecule has 0 aliphatic rings. The number of hydrogen-bond acceptors (Lipinski definition) is 5. The molecule has 0 amide bonds. The first kappa shape index (κ1) is 16.9. The molecule has 20 heavy (non-hydrogen) atoms. The molecule has 0 bridgehead atoms. The predicted octanol–water partition coefficient (Wildman–Crippen LogP) is 1.28. The molecule has 5 heteroatoms. The minimum absolute atomic E-state index is 0.206. The van der Waals surface area contributed by atoms with Crippen molar-refractivity contribution in [3.63, 3.8) is 0 Å². The van der Waals surface area contributed by atoms with Crippen LogP contribution in [0, 0.1) is 0 Å². The van der Waals surface area contributed by atoms with Gasteiger partial charge in [0.15, 0.2) is 0 Å². The van der Waals surface area contributed by atoms with Crippen LogP contribution in [0.2, 0.25) is 0 Å². The zero-order chi connectivity index (χ0) is 14.8. The molecule has 3 N–H and O–H groups in total. The number of benzene rings is 1. The number of rotatable bonds is 10. The lowest BCUT2D eigenvalue weighted by molar-refractivity contribution is -0.0448. The topological polar surface area (TPSA) is 73.9 Å². The Morgan fingerprint density at radius 1 is 1.15 bits per heavy atom. The van der Waals surface area contributed by atoms with Gasteiger partial charge in [0.1, 0.15) is 18.0 Å². The van der Waals surface area contributed by atoms with Crippen molar-refractivity contribution >= 4 is 0 Å². The normalized spacial score (nSPS) is 14.0. The zero-order valence-electron chi connectivity index (χ0n) is 12.3. The number of aliphatic hydroxyl groups is 1. The van der Waals surface area contributed by atoms with Crippen LogP contribution in [0.5, 0.6) is 5.75 Å². The minimum Gasteiger partial charge on any atom is -0.491 e. The maximum atomic E-state index is 10.9. The van der Waals surface area contributed by atoms with Gasteiger partial charge in [0.05, 0.1) is 13.2 Å². The summed E-state index contributed by atoms with van der Waals surface area (Å²) in [6.45, 7) is 1.67. The monoisotopic (exact) mass is 283 g/mol. The van der Waals surface area contributed by atoms with E-state index < -0.39 is 5.60 Å². The van der Waals surface area contributed by atoms with Gasteiger partial charge in [-0.05, 0) is 25.5 Å². The highest BCUT2D eigenvalue weighted by atomic mass is 16.5. The number of methoxy groups -OCH3 is 2. The lowest BCUT2D eigenvalue weighted by Crippen LogP contribution is -2.32. The molecule has 114 valence electrons. The van der Waals surface area contributed by atoms with Crippen LogP contribution in [0.3, 0.4) is 0 Å². The lowest BCUT2D eigenvalue weighted by Gasteiger charge is -2.29. The van der Waals surface area contributed by atoms with Crippen LogP contribution < -0.4 is 10.5 Å². The first-order chi connectivity index (χ1) is 9.68. The second-order valence-corrected chi connectivity index (χ2v) is 4.69. The molecule has 0 aliphatic carbocycles. The molecular formula is C15H25NO4. The fraction of sp³-hybridized carbons (Fsp3) is 0.600. The highest BCUT2D eigenvalue weighted by Gasteiger charge is 2.31. The highest BCUT2D eigenvalue weighted by molar-refractivity contribution is 5.38. The molecule has 0 aliphatic heterocycles. The third-order valence-corrected chi connectivity index (χ3v) is 3.11. The second kappa shape index (κ2) is 8.92. The summed E-state index contributed by atoms with van der Waals surface area (Å²) in [6, 6.07) is 7.45. The average Bonchev–Trinajstić information content (AvgIpc) is 2.46. The Labute approximate surface area is 120 Å². The van der Waals surface area contributed by atoms with Crippen LogP contribution in [0.1, 0.15) is 18.4 Å². The van der Waals surface area contributed by atoms with Crippen LogP contribution in [0.15, 0.2) is 24.3 Å². The van der Waals surface area contributed by atoms with Crippen molar-refractivity contribution in [2.45, 2.75) is 18.4 Å². The molecule has 0 spiro atoms. The molecule has 1 aromatic carbocycles. The summed E-state index contributed by atoms with van der Waals surface area (Å²) in [5, 5.41) is 10.9. The zero-order valence-corrected chi connectivity index (χ0v) is 12.3. The van der Waals surface area contributed by atoms with Crippen LogP contribution in [0.25, 0.3) is 0 Å². The largest absolute Gasteiger partial charge is 0.491 e. The summed E-state index contributed by atoms with van der Waals surface area (Å²) in [4.78, 5) is 0. The third kappa shape index (κ3) is 4.76. The van der Waals surface area contributed by atoms with E-state index in [-0.39, 0.29) is 6.61 Å². The molecule has 1 rings (SSSR count). The Hall–Kier alpha value is -1.14. The van der Waals surface area contributed by atoms with Crippen molar-refractivity contribution in [2.24, 2.45) is 5.73 Å². The van der Waals surface area contributed by atoms with Gasteiger partial charge in [0.2, 0.25) is 0 Å². The summed E-state index contributed by atoms with van der Waals surface area (Å²) < 4.78 is 15.8. The van der Waals surface area contributed by atoms with E-state index in [4.69, 9.17) is 19.9 Å². The number of para-hydroxylation sites is 1. The average molecular weight is 283 g/mol. The Balaban J connectivity index is 2.93. The van der Waals surface area contributed by atoms with E-state index in [0.717, 1.165) is 5.56 Å². The molecule has 1 atom stereocenters. The molecule has 5 nitrogen and oxygen atoms in total. The highest BCUT2D eigenvalue weighted by Crippen LogP contribution is 2.33. The van der Waals surface area contributed by atoms with Gasteiger partial charge in [0, 0.05) is 19.8 Å². The Bertz CT molecular complexity index is 386. The predicted molar refractivity (Wildman–Crippen MR) is 77.9 cm³/mol. The number of hydrogen-bond donors (Lipinski definition) is 2. The smallest absolute Gasteiger partial charge is 0.125 e. The van der Waals surface area contributed by atoms with E-state index in [2.05, 4.69) is 0 Å². The first-order valence-electron chi connectivity index (χ1n) is 6.80. The van der Waals surface area contributed by atoms with E-state index in [1.165, 1.54) is 0 Å². The second-order valence-electron chi connectivity index (χ2n) is 4.69. The van der Waals surface area contributed by atoms with Crippen molar-refractivity contribution in [1.29, 1.82) is 0 Å². The summed E-state index contributed by atoms with van der Waals surface area (Å²) in [7, 11) is 3.19. The molecule has 0 radical (unpaired) electrons. The fourth-order valence-corrected chi connectivity index (χ4v) is 2.13. The van der Waals surface area contributed by atoms with Gasteiger partial charge in [0.25, 0.3) is 0 Å². The van der Waals surface area contributed by atoms with Crippen molar-refractivity contribution < 1.29 is 19.3 Å². The molecule has 0 heterocycles. The van der Waals surface area contributed by atoms with E-state index in [1.807, 2.05) is 24.3 Å². The summed E-state index contributed by atoms with van der Waals surface area (Å²) >= 11 is 0. The SMILES string of the molecule is COCCOc1ccccc1C(O)(CCCN)COC. The first-order valence-corrected chi connectivity index (χ1v) is 6.80. The van der Waals surface area contributed by atoms with Crippen molar-refractivity contribution in [2.75, 3.05) is 40.6 Å². The lowest BCUT2D eigenvalue weighted by atomic mass is 9.89. The summed E-state index contributed by atoms with van der Waals surface area (Å²) in [5.74, 6) is 0.654. The number of ether oxygens (including phenoxy) is 3. The van der Waals surface area contributed by atoms with Crippen LogP contribution in [-0.4, -0.2) is 45.7 Å². The van der Waals surface area contributed by atoms with Gasteiger partial charge in [-0.3, -0.25) is 0 Å². The van der Waals surface area contributed by atoms with Gasteiger partial charge in [-0.1, -0.05) is 18.2 Å². The quantitative estimate of drug-likeness (QED) is 0.633. The molecule has 0 saturated carbocycles. The van der Waals surface area contributed by atoms with Crippen molar-refractivity contribution in [3.8, 4) is 5.75 Å². The third-order valence-electron chi connectivity index (χ3n) is 3.11. The van der Waals surface area contributed by atoms with E-state index in [0.29, 0.717) is 38.3 Å². The number of nitrogens with two attached hydrogens (primary N) is 1. The minimum atomic E-state index is -1.09. The molecular weight excluding hydrogens is 258 g/mol. The molecule has 1 unspecified atom stereocenters. The van der Waals surface area contributed by atoms with Gasteiger partial charge in [-0.2, -0.15) is 0 Å². The van der Waals surface area contributed by atoms with Crippen molar-refractivity contribution in [3.05, 3.63) is 29.8 Å². The fourth-order valence-electron chi connectivity index (χ4n) is 2.13. The van der Waals surface area contributed by atoms with E-state index in [1.54, 1.807) is 14.2 Å². The summed E-state index contributed by atoms with van der Waals surface area (Å²) in [5.41, 5.74) is 5.19. The molecule has 0 saturated heterocycles. The maximum Gasteiger partial charge on any atom is 0.125 e.